The molecule has 2 heterocycles. The number of alkyl halides is 2. The predicted molar refractivity (Wildman–Crippen MR) is 87.8 cm³/mol. The Morgan fingerprint density at radius 2 is 2.08 bits per heavy atom. The molecular formula is C16H14F3N3OS. The average molecular weight is 353 g/mol. The molecule has 2 aromatic heterocycles. The minimum atomic E-state index is -2.84. The van der Waals surface area contributed by atoms with Crippen LogP contribution < -0.4 is 10.1 Å². The summed E-state index contributed by atoms with van der Waals surface area (Å²) in [5, 5.41) is 4.94. The van der Waals surface area contributed by atoms with E-state index in [4.69, 9.17) is 4.74 Å². The standard InChI is InChI=1S/C16H14F3N3OS/c1-16(18,19)5-6-23-13-8-10(17)2-3-11(13)22-15-14-12(4-7-24-14)20-9-21-15/h2-4,7-9H,5-6H2,1H3,(H,20,21,22). The van der Waals surface area contributed by atoms with Crippen molar-refractivity contribution in [3.8, 4) is 5.75 Å². The van der Waals surface area contributed by atoms with Crippen molar-refractivity contribution >= 4 is 33.1 Å². The molecule has 0 aliphatic heterocycles. The highest BCUT2D eigenvalue weighted by molar-refractivity contribution is 7.17. The van der Waals surface area contributed by atoms with Crippen molar-refractivity contribution in [2.24, 2.45) is 0 Å². The van der Waals surface area contributed by atoms with Gasteiger partial charge in [-0.2, -0.15) is 0 Å². The second-order valence-electron chi connectivity index (χ2n) is 5.29. The lowest BCUT2D eigenvalue weighted by atomic mass is 10.2. The van der Waals surface area contributed by atoms with E-state index in [1.165, 1.54) is 29.8 Å². The zero-order valence-electron chi connectivity index (χ0n) is 12.7. The summed E-state index contributed by atoms with van der Waals surface area (Å²) in [6.07, 6.45) is 0.963. The summed E-state index contributed by atoms with van der Waals surface area (Å²) >= 11 is 1.46. The van der Waals surface area contributed by atoms with Crippen LogP contribution in [0.5, 0.6) is 5.75 Å². The van der Waals surface area contributed by atoms with E-state index < -0.39 is 18.2 Å². The lowest BCUT2D eigenvalue weighted by Crippen LogP contribution is -2.15. The van der Waals surface area contributed by atoms with Gasteiger partial charge in [0.2, 0.25) is 5.92 Å². The fourth-order valence-electron chi connectivity index (χ4n) is 2.06. The van der Waals surface area contributed by atoms with Crippen molar-refractivity contribution in [1.29, 1.82) is 0 Å². The molecule has 0 unspecified atom stereocenters. The maximum Gasteiger partial charge on any atom is 0.248 e. The lowest BCUT2D eigenvalue weighted by molar-refractivity contribution is 0.000909. The Balaban J connectivity index is 1.84. The van der Waals surface area contributed by atoms with Gasteiger partial charge in [-0.1, -0.05) is 0 Å². The molecular weight excluding hydrogens is 339 g/mol. The lowest BCUT2D eigenvalue weighted by Gasteiger charge is -2.15. The number of thiophene rings is 1. The zero-order chi connectivity index (χ0) is 17.2. The van der Waals surface area contributed by atoms with Crippen molar-refractivity contribution in [3.05, 3.63) is 41.8 Å². The smallest absolute Gasteiger partial charge is 0.248 e. The molecule has 0 bridgehead atoms. The van der Waals surface area contributed by atoms with E-state index >= 15 is 0 Å². The van der Waals surface area contributed by atoms with Gasteiger partial charge in [0.15, 0.2) is 5.82 Å². The fraction of sp³-hybridized carbons (Fsp3) is 0.250. The Hall–Kier alpha value is -2.35. The highest BCUT2D eigenvalue weighted by Gasteiger charge is 2.21. The number of benzene rings is 1. The Morgan fingerprint density at radius 1 is 1.25 bits per heavy atom. The Bertz CT molecular complexity index is 848. The molecule has 126 valence electrons. The monoisotopic (exact) mass is 353 g/mol. The fourth-order valence-corrected chi connectivity index (χ4v) is 2.85. The molecule has 1 aromatic carbocycles. The van der Waals surface area contributed by atoms with Crippen LogP contribution in [0.25, 0.3) is 10.2 Å². The van der Waals surface area contributed by atoms with Crippen molar-refractivity contribution in [3.63, 3.8) is 0 Å². The average Bonchev–Trinajstić information content (AvgIpc) is 2.98. The number of hydrogen-bond acceptors (Lipinski definition) is 5. The molecule has 8 heteroatoms. The Kier molecular flexibility index (Phi) is 4.57. The number of rotatable bonds is 6. The van der Waals surface area contributed by atoms with Gasteiger partial charge in [-0.3, -0.25) is 0 Å². The van der Waals surface area contributed by atoms with E-state index in [2.05, 4.69) is 15.3 Å². The second-order valence-corrected chi connectivity index (χ2v) is 6.21. The third-order valence-electron chi connectivity index (χ3n) is 3.24. The van der Waals surface area contributed by atoms with Gasteiger partial charge in [-0.15, -0.1) is 11.3 Å². The van der Waals surface area contributed by atoms with Crippen molar-refractivity contribution in [2.45, 2.75) is 19.3 Å². The van der Waals surface area contributed by atoms with Gasteiger partial charge in [0.05, 0.1) is 22.5 Å². The van der Waals surface area contributed by atoms with Gasteiger partial charge in [-0.05, 0) is 30.5 Å². The van der Waals surface area contributed by atoms with Crippen molar-refractivity contribution in [1.82, 2.24) is 9.97 Å². The van der Waals surface area contributed by atoms with Crippen molar-refractivity contribution < 1.29 is 17.9 Å². The molecule has 0 spiro atoms. The van der Waals surface area contributed by atoms with Crippen LogP contribution in [-0.2, 0) is 0 Å². The summed E-state index contributed by atoms with van der Waals surface area (Å²) in [5.74, 6) is -2.64. The third kappa shape index (κ3) is 3.94. The molecule has 0 aliphatic carbocycles. The van der Waals surface area contributed by atoms with Crippen LogP contribution in [0.1, 0.15) is 13.3 Å². The maximum absolute atomic E-state index is 13.5. The molecule has 0 amide bonds. The Labute approximate surface area is 140 Å². The number of anilines is 2. The number of nitrogens with one attached hydrogen (secondary N) is 1. The number of nitrogens with zero attached hydrogens (tertiary/aromatic N) is 2. The molecule has 0 saturated heterocycles. The van der Waals surface area contributed by atoms with Gasteiger partial charge in [0.25, 0.3) is 0 Å². The summed E-state index contributed by atoms with van der Waals surface area (Å²) in [5.41, 5.74) is 1.23. The van der Waals surface area contributed by atoms with Crippen LogP contribution in [0.2, 0.25) is 0 Å². The SMILES string of the molecule is CC(F)(F)CCOc1cc(F)ccc1Nc1ncnc2ccsc12. The topological polar surface area (TPSA) is 47.0 Å². The van der Waals surface area contributed by atoms with E-state index in [0.717, 1.165) is 23.2 Å². The molecule has 4 nitrogen and oxygen atoms in total. The molecule has 3 aromatic rings. The molecule has 0 atom stereocenters. The van der Waals surface area contributed by atoms with E-state index in [-0.39, 0.29) is 12.4 Å². The first-order chi connectivity index (χ1) is 11.4. The van der Waals surface area contributed by atoms with Crippen LogP contribution in [0.4, 0.5) is 24.7 Å². The number of hydrogen-bond donors (Lipinski definition) is 1. The van der Waals surface area contributed by atoms with Gasteiger partial charge >= 0.3 is 0 Å². The first-order valence-electron chi connectivity index (χ1n) is 7.18. The number of aromatic nitrogens is 2. The molecule has 3 rings (SSSR count). The predicted octanol–water partition coefficient (Wildman–Crippen LogP) is 5.00. The molecule has 24 heavy (non-hydrogen) atoms. The number of ether oxygens (including phenoxy) is 1. The van der Waals surface area contributed by atoms with Crippen LogP contribution in [0.3, 0.4) is 0 Å². The van der Waals surface area contributed by atoms with Crippen LogP contribution >= 0.6 is 11.3 Å². The van der Waals surface area contributed by atoms with E-state index in [9.17, 15) is 13.2 Å². The van der Waals surface area contributed by atoms with Gasteiger partial charge in [0.1, 0.15) is 17.9 Å². The van der Waals surface area contributed by atoms with Crippen LogP contribution in [-0.4, -0.2) is 22.5 Å². The van der Waals surface area contributed by atoms with Crippen molar-refractivity contribution in [2.75, 3.05) is 11.9 Å². The first-order valence-corrected chi connectivity index (χ1v) is 8.06. The minimum Gasteiger partial charge on any atom is -0.491 e. The highest BCUT2D eigenvalue weighted by Crippen LogP contribution is 2.32. The Morgan fingerprint density at radius 3 is 2.88 bits per heavy atom. The quantitative estimate of drug-likeness (QED) is 0.678. The molecule has 1 N–H and O–H groups in total. The molecule has 0 aliphatic rings. The summed E-state index contributed by atoms with van der Waals surface area (Å²) in [4.78, 5) is 8.32. The molecule has 0 saturated carbocycles. The minimum absolute atomic E-state index is 0.155. The van der Waals surface area contributed by atoms with Gasteiger partial charge in [0, 0.05) is 12.5 Å². The van der Waals surface area contributed by atoms with Crippen LogP contribution in [0, 0.1) is 5.82 Å². The maximum atomic E-state index is 13.5. The largest absolute Gasteiger partial charge is 0.491 e. The summed E-state index contributed by atoms with van der Waals surface area (Å²) in [6, 6.07) is 5.76. The normalized spacial score (nSPS) is 11.7. The zero-order valence-corrected chi connectivity index (χ0v) is 13.5. The molecule has 0 fully saturated rings. The van der Waals surface area contributed by atoms with Crippen LogP contribution in [0.15, 0.2) is 36.0 Å². The third-order valence-corrected chi connectivity index (χ3v) is 4.15. The number of fused-ring (bicyclic) bond motifs is 1. The van der Waals surface area contributed by atoms with Gasteiger partial charge < -0.3 is 10.1 Å². The summed E-state index contributed by atoms with van der Waals surface area (Å²) in [6.45, 7) is 0.593. The summed E-state index contributed by atoms with van der Waals surface area (Å²) < 4.78 is 45.5. The summed E-state index contributed by atoms with van der Waals surface area (Å²) in [7, 11) is 0. The highest BCUT2D eigenvalue weighted by atomic mass is 32.1. The first kappa shape index (κ1) is 16.5. The second kappa shape index (κ2) is 6.64. The molecule has 0 radical (unpaired) electrons. The van der Waals surface area contributed by atoms with Gasteiger partial charge in [-0.25, -0.2) is 23.1 Å². The van der Waals surface area contributed by atoms with E-state index in [0.29, 0.717) is 11.5 Å². The van der Waals surface area contributed by atoms with E-state index in [1.54, 1.807) is 0 Å². The van der Waals surface area contributed by atoms with E-state index in [1.807, 2.05) is 11.4 Å². The number of halogens is 3.